The molecule has 0 aromatic heterocycles. The number of ether oxygens (including phenoxy) is 1. The summed E-state index contributed by atoms with van der Waals surface area (Å²) in [5.74, 6) is 1.64. The van der Waals surface area contributed by atoms with Crippen molar-refractivity contribution in [3.05, 3.63) is 88.5 Å². The van der Waals surface area contributed by atoms with Crippen LogP contribution in [-0.4, -0.2) is 41.4 Å². The fourth-order valence-electron chi connectivity index (χ4n) is 5.83. The van der Waals surface area contributed by atoms with Crippen molar-refractivity contribution in [2.75, 3.05) is 26.2 Å². The van der Waals surface area contributed by atoms with Gasteiger partial charge in [-0.05, 0) is 114 Å². The third-order valence-electron chi connectivity index (χ3n) is 7.40. The molecule has 3 aromatic carbocycles. The molecular weight excluding hydrogens is 410 g/mol. The van der Waals surface area contributed by atoms with Gasteiger partial charge in [-0.3, -0.25) is 4.90 Å². The Balaban J connectivity index is 1.32. The number of phenolic OH excluding ortho intramolecular Hbond substituents is 2. The van der Waals surface area contributed by atoms with Gasteiger partial charge in [-0.1, -0.05) is 24.3 Å². The Morgan fingerprint density at radius 3 is 2.39 bits per heavy atom. The Labute approximate surface area is 194 Å². The molecule has 3 aromatic rings. The number of benzene rings is 3. The van der Waals surface area contributed by atoms with Crippen molar-refractivity contribution in [3.8, 4) is 17.2 Å². The first kappa shape index (κ1) is 20.4. The topological polar surface area (TPSA) is 52.9 Å². The standard InChI is InChI=1S/C29H29NO3/c31-21-6-11-24-20(17-21)5-10-26-27-18-22(32)7-12-25(27)28(29(24)26)19-3-8-23(9-4-19)33-16-15-30-13-1-2-14-30/h3-4,6-9,11-12,17-18,28,31-32H,1-2,5,10,13-16H2. The minimum atomic E-state index is 0.109. The van der Waals surface area contributed by atoms with Crippen molar-refractivity contribution >= 4 is 11.1 Å². The maximum absolute atomic E-state index is 10.2. The molecule has 0 saturated carbocycles. The minimum Gasteiger partial charge on any atom is -0.508 e. The quantitative estimate of drug-likeness (QED) is 0.545. The lowest BCUT2D eigenvalue weighted by molar-refractivity contribution is 0.238. The summed E-state index contributed by atoms with van der Waals surface area (Å²) in [5, 5.41) is 20.2. The van der Waals surface area contributed by atoms with Crippen LogP contribution < -0.4 is 4.74 Å². The van der Waals surface area contributed by atoms with E-state index in [-0.39, 0.29) is 5.92 Å². The number of likely N-dealkylation sites (tertiary alicyclic amines) is 1. The largest absolute Gasteiger partial charge is 0.508 e. The summed E-state index contributed by atoms with van der Waals surface area (Å²) in [6, 6.07) is 20.0. The fourth-order valence-corrected chi connectivity index (χ4v) is 5.83. The highest BCUT2D eigenvalue weighted by Gasteiger charge is 2.36. The third-order valence-corrected chi connectivity index (χ3v) is 7.40. The molecule has 4 heteroatoms. The molecule has 6 rings (SSSR count). The summed E-state index contributed by atoms with van der Waals surface area (Å²) in [4.78, 5) is 2.46. The maximum atomic E-state index is 10.2. The van der Waals surface area contributed by atoms with E-state index in [0.717, 1.165) is 37.3 Å². The Kier molecular flexibility index (Phi) is 5.11. The highest BCUT2D eigenvalue weighted by molar-refractivity contribution is 6.03. The van der Waals surface area contributed by atoms with Gasteiger partial charge in [-0.15, -0.1) is 0 Å². The van der Waals surface area contributed by atoms with Gasteiger partial charge < -0.3 is 14.9 Å². The zero-order valence-corrected chi connectivity index (χ0v) is 18.8. The molecule has 2 aliphatic carbocycles. The summed E-state index contributed by atoms with van der Waals surface area (Å²) < 4.78 is 6.03. The number of phenols is 2. The van der Waals surface area contributed by atoms with Crippen molar-refractivity contribution < 1.29 is 14.9 Å². The second-order valence-electron chi connectivity index (χ2n) is 9.40. The predicted molar refractivity (Wildman–Crippen MR) is 131 cm³/mol. The Hall–Kier alpha value is -3.24. The first-order valence-corrected chi connectivity index (χ1v) is 12.0. The van der Waals surface area contributed by atoms with Gasteiger partial charge in [0.25, 0.3) is 0 Å². The van der Waals surface area contributed by atoms with Crippen molar-refractivity contribution in [1.29, 1.82) is 0 Å². The predicted octanol–water partition coefficient (Wildman–Crippen LogP) is 5.57. The van der Waals surface area contributed by atoms with Gasteiger partial charge in [-0.2, -0.15) is 0 Å². The zero-order valence-electron chi connectivity index (χ0n) is 18.8. The Bertz CT molecular complexity index is 1220. The van der Waals surface area contributed by atoms with E-state index in [1.165, 1.54) is 59.3 Å². The molecule has 2 N–H and O–H groups in total. The van der Waals surface area contributed by atoms with Crippen LogP contribution in [0.25, 0.3) is 11.1 Å². The highest BCUT2D eigenvalue weighted by atomic mass is 16.5. The second-order valence-corrected chi connectivity index (χ2v) is 9.40. The number of rotatable bonds is 5. The molecule has 3 aliphatic rings. The second kappa shape index (κ2) is 8.27. The van der Waals surface area contributed by atoms with Gasteiger partial charge in [0.1, 0.15) is 23.9 Å². The molecule has 0 spiro atoms. The van der Waals surface area contributed by atoms with E-state index >= 15 is 0 Å². The first-order chi connectivity index (χ1) is 16.2. The number of aromatic hydroxyl groups is 2. The highest BCUT2D eigenvalue weighted by Crippen LogP contribution is 2.55. The zero-order chi connectivity index (χ0) is 22.4. The van der Waals surface area contributed by atoms with Crippen LogP contribution in [0.4, 0.5) is 0 Å². The molecule has 1 fully saturated rings. The molecule has 1 unspecified atom stereocenters. The van der Waals surface area contributed by atoms with Crippen molar-refractivity contribution in [1.82, 2.24) is 4.90 Å². The lowest BCUT2D eigenvalue weighted by Gasteiger charge is -2.24. The van der Waals surface area contributed by atoms with Gasteiger partial charge in [0, 0.05) is 12.5 Å². The van der Waals surface area contributed by atoms with E-state index in [4.69, 9.17) is 4.74 Å². The van der Waals surface area contributed by atoms with Gasteiger partial charge >= 0.3 is 0 Å². The monoisotopic (exact) mass is 439 g/mol. The van der Waals surface area contributed by atoms with Crippen LogP contribution in [0, 0.1) is 0 Å². The molecule has 0 amide bonds. The van der Waals surface area contributed by atoms with E-state index < -0.39 is 0 Å². The summed E-state index contributed by atoms with van der Waals surface area (Å²) >= 11 is 0. The molecule has 0 bridgehead atoms. The molecule has 168 valence electrons. The van der Waals surface area contributed by atoms with Gasteiger partial charge in [0.2, 0.25) is 0 Å². The van der Waals surface area contributed by atoms with Crippen LogP contribution in [0.3, 0.4) is 0 Å². The number of hydrogen-bond donors (Lipinski definition) is 2. The molecule has 1 atom stereocenters. The smallest absolute Gasteiger partial charge is 0.119 e. The lowest BCUT2D eigenvalue weighted by atomic mass is 9.80. The van der Waals surface area contributed by atoms with Crippen molar-refractivity contribution in [2.24, 2.45) is 0 Å². The fraction of sp³-hybridized carbons (Fsp3) is 0.310. The van der Waals surface area contributed by atoms with Crippen molar-refractivity contribution in [2.45, 2.75) is 31.6 Å². The molecular formula is C29H29NO3. The molecule has 33 heavy (non-hydrogen) atoms. The van der Waals surface area contributed by atoms with E-state index in [0.29, 0.717) is 11.5 Å². The lowest BCUT2D eigenvalue weighted by Crippen LogP contribution is -2.25. The van der Waals surface area contributed by atoms with E-state index in [1.807, 2.05) is 18.2 Å². The van der Waals surface area contributed by atoms with Crippen molar-refractivity contribution in [3.63, 3.8) is 0 Å². The SMILES string of the molecule is Oc1ccc2c(c1)CCC1=C2C(c2ccc(OCCN3CCCC3)cc2)c2ccc(O)cc21. The van der Waals surface area contributed by atoms with Crippen LogP contribution in [0.2, 0.25) is 0 Å². The molecule has 1 heterocycles. The Morgan fingerprint density at radius 2 is 1.58 bits per heavy atom. The number of allylic oxidation sites excluding steroid dienone is 2. The average Bonchev–Trinajstić information content (AvgIpc) is 3.45. The molecule has 1 aliphatic heterocycles. The van der Waals surface area contributed by atoms with Crippen LogP contribution in [0.5, 0.6) is 17.2 Å². The van der Waals surface area contributed by atoms with E-state index in [2.05, 4.69) is 35.2 Å². The normalized spacial score (nSPS) is 19.3. The average molecular weight is 440 g/mol. The van der Waals surface area contributed by atoms with Crippen LogP contribution in [0.15, 0.2) is 60.7 Å². The number of hydrogen-bond acceptors (Lipinski definition) is 4. The molecule has 1 saturated heterocycles. The van der Waals surface area contributed by atoms with Gasteiger partial charge in [0.05, 0.1) is 0 Å². The van der Waals surface area contributed by atoms with E-state index in [9.17, 15) is 10.2 Å². The summed E-state index contributed by atoms with van der Waals surface area (Å²) in [6.45, 7) is 4.09. The molecule has 4 nitrogen and oxygen atoms in total. The van der Waals surface area contributed by atoms with Crippen LogP contribution in [0.1, 0.15) is 53.0 Å². The maximum Gasteiger partial charge on any atom is 0.119 e. The summed E-state index contributed by atoms with van der Waals surface area (Å²) in [7, 11) is 0. The first-order valence-electron chi connectivity index (χ1n) is 12.0. The number of fused-ring (bicyclic) bond motifs is 4. The third kappa shape index (κ3) is 3.68. The van der Waals surface area contributed by atoms with Gasteiger partial charge in [0.15, 0.2) is 0 Å². The van der Waals surface area contributed by atoms with E-state index in [1.54, 1.807) is 12.1 Å². The summed E-state index contributed by atoms with van der Waals surface area (Å²) in [5.41, 5.74) is 8.63. The summed E-state index contributed by atoms with van der Waals surface area (Å²) in [6.07, 6.45) is 4.41. The molecule has 0 radical (unpaired) electrons. The minimum absolute atomic E-state index is 0.109. The van der Waals surface area contributed by atoms with Gasteiger partial charge in [-0.25, -0.2) is 0 Å². The number of nitrogens with zero attached hydrogens (tertiary/aromatic N) is 1. The van der Waals surface area contributed by atoms with Crippen LogP contribution in [-0.2, 0) is 6.42 Å². The number of aryl methyl sites for hydroxylation is 1. The van der Waals surface area contributed by atoms with Crippen LogP contribution >= 0.6 is 0 Å². The Morgan fingerprint density at radius 1 is 0.818 bits per heavy atom.